The number of aromatic hydroxyl groups is 1. The molecule has 1 aromatic rings. The first-order chi connectivity index (χ1) is 9.70. The minimum absolute atomic E-state index is 0.0452. The van der Waals surface area contributed by atoms with Crippen molar-refractivity contribution in [2.45, 2.75) is 19.8 Å². The minimum atomic E-state index is 0.0452. The Kier molecular flexibility index (Phi) is 5.09. The van der Waals surface area contributed by atoms with E-state index >= 15 is 0 Å². The van der Waals surface area contributed by atoms with E-state index in [9.17, 15) is 9.90 Å². The molecule has 2 amide bonds. The lowest BCUT2D eigenvalue weighted by atomic mass is 10.2. The number of piperazine rings is 1. The fourth-order valence-electron chi connectivity index (χ4n) is 2.32. The number of carbonyl (C=O) groups excluding carboxylic acids is 1. The molecule has 0 bridgehead atoms. The maximum atomic E-state index is 11.9. The van der Waals surface area contributed by atoms with Gasteiger partial charge in [0, 0.05) is 38.4 Å². The molecule has 1 saturated heterocycles. The van der Waals surface area contributed by atoms with Gasteiger partial charge in [-0.05, 0) is 30.7 Å². The predicted octanol–water partition coefficient (Wildman–Crippen LogP) is 2.02. The van der Waals surface area contributed by atoms with Gasteiger partial charge in [0.05, 0.1) is 0 Å². The SMILES string of the molecule is CCCCNC(=O)N1CCN(c2ccc(O)cc2)CC1. The molecule has 1 heterocycles. The zero-order chi connectivity index (χ0) is 14.4. The Morgan fingerprint density at radius 1 is 1.20 bits per heavy atom. The summed E-state index contributed by atoms with van der Waals surface area (Å²) in [5, 5.41) is 12.2. The molecular weight excluding hydrogens is 254 g/mol. The van der Waals surface area contributed by atoms with Crippen LogP contribution in [0.2, 0.25) is 0 Å². The van der Waals surface area contributed by atoms with Gasteiger partial charge in [0.2, 0.25) is 0 Å². The summed E-state index contributed by atoms with van der Waals surface area (Å²) in [6.07, 6.45) is 2.12. The highest BCUT2D eigenvalue weighted by Gasteiger charge is 2.20. The molecule has 0 saturated carbocycles. The molecule has 1 aliphatic rings. The van der Waals surface area contributed by atoms with Crippen molar-refractivity contribution in [2.24, 2.45) is 0 Å². The van der Waals surface area contributed by atoms with Crippen LogP contribution in [0, 0.1) is 0 Å². The van der Waals surface area contributed by atoms with Gasteiger partial charge in [-0.3, -0.25) is 0 Å². The monoisotopic (exact) mass is 277 g/mol. The van der Waals surface area contributed by atoms with Crippen LogP contribution in [0.3, 0.4) is 0 Å². The third-order valence-corrected chi connectivity index (χ3v) is 3.59. The lowest BCUT2D eigenvalue weighted by Gasteiger charge is -2.36. The van der Waals surface area contributed by atoms with Crippen LogP contribution in [-0.4, -0.2) is 48.8 Å². The molecule has 5 nitrogen and oxygen atoms in total. The van der Waals surface area contributed by atoms with Gasteiger partial charge in [0.25, 0.3) is 0 Å². The Hall–Kier alpha value is -1.91. The van der Waals surface area contributed by atoms with Crippen LogP contribution in [-0.2, 0) is 0 Å². The zero-order valence-corrected chi connectivity index (χ0v) is 12.0. The third-order valence-electron chi connectivity index (χ3n) is 3.59. The Balaban J connectivity index is 1.80. The number of amides is 2. The third kappa shape index (κ3) is 3.79. The lowest BCUT2D eigenvalue weighted by molar-refractivity contribution is 0.194. The van der Waals surface area contributed by atoms with Crippen LogP contribution < -0.4 is 10.2 Å². The number of phenolic OH excluding ortho intramolecular Hbond substituents is 1. The average Bonchev–Trinajstić information content (AvgIpc) is 2.48. The smallest absolute Gasteiger partial charge is 0.317 e. The summed E-state index contributed by atoms with van der Waals surface area (Å²) in [5.74, 6) is 0.280. The van der Waals surface area contributed by atoms with E-state index in [1.807, 2.05) is 17.0 Å². The Morgan fingerprint density at radius 3 is 2.45 bits per heavy atom. The van der Waals surface area contributed by atoms with Crippen molar-refractivity contribution in [3.8, 4) is 5.75 Å². The summed E-state index contributed by atoms with van der Waals surface area (Å²) >= 11 is 0. The summed E-state index contributed by atoms with van der Waals surface area (Å²) in [6.45, 7) is 5.99. The van der Waals surface area contributed by atoms with Gasteiger partial charge in [-0.15, -0.1) is 0 Å². The largest absolute Gasteiger partial charge is 0.508 e. The standard InChI is InChI=1S/C15H23N3O2/c1-2-3-8-16-15(20)18-11-9-17(10-12-18)13-4-6-14(19)7-5-13/h4-7,19H,2-3,8-12H2,1H3,(H,16,20). The van der Waals surface area contributed by atoms with E-state index in [-0.39, 0.29) is 11.8 Å². The first-order valence-corrected chi connectivity index (χ1v) is 7.27. The molecule has 0 spiro atoms. The summed E-state index contributed by atoms with van der Waals surface area (Å²) in [5.41, 5.74) is 1.09. The van der Waals surface area contributed by atoms with Crippen molar-refractivity contribution in [3.63, 3.8) is 0 Å². The molecule has 1 fully saturated rings. The number of anilines is 1. The molecule has 5 heteroatoms. The molecule has 0 aromatic heterocycles. The molecule has 0 atom stereocenters. The summed E-state index contributed by atoms with van der Waals surface area (Å²) < 4.78 is 0. The first kappa shape index (κ1) is 14.5. The minimum Gasteiger partial charge on any atom is -0.508 e. The van der Waals surface area contributed by atoms with Gasteiger partial charge in [0.1, 0.15) is 5.75 Å². The molecule has 110 valence electrons. The highest BCUT2D eigenvalue weighted by atomic mass is 16.3. The van der Waals surface area contributed by atoms with Gasteiger partial charge >= 0.3 is 6.03 Å². The van der Waals surface area contributed by atoms with Gasteiger partial charge in [-0.2, -0.15) is 0 Å². The number of hydrogen-bond donors (Lipinski definition) is 2. The van der Waals surface area contributed by atoms with Crippen molar-refractivity contribution in [2.75, 3.05) is 37.6 Å². The highest BCUT2D eigenvalue weighted by Crippen LogP contribution is 2.19. The average molecular weight is 277 g/mol. The molecule has 0 unspecified atom stereocenters. The maximum Gasteiger partial charge on any atom is 0.317 e. The van der Waals surface area contributed by atoms with Crippen molar-refractivity contribution in [3.05, 3.63) is 24.3 Å². The topological polar surface area (TPSA) is 55.8 Å². The number of phenols is 1. The number of rotatable bonds is 4. The molecule has 2 N–H and O–H groups in total. The molecule has 0 aliphatic carbocycles. The van der Waals surface area contributed by atoms with E-state index in [1.165, 1.54) is 0 Å². The van der Waals surface area contributed by atoms with Gasteiger partial charge in [-0.1, -0.05) is 13.3 Å². The predicted molar refractivity (Wildman–Crippen MR) is 80.2 cm³/mol. The van der Waals surface area contributed by atoms with E-state index in [2.05, 4.69) is 17.1 Å². The Labute approximate surface area is 120 Å². The second kappa shape index (κ2) is 7.03. The first-order valence-electron chi connectivity index (χ1n) is 7.27. The van der Waals surface area contributed by atoms with E-state index in [0.29, 0.717) is 0 Å². The number of carbonyl (C=O) groups is 1. The van der Waals surface area contributed by atoms with Crippen LogP contribution >= 0.6 is 0 Å². The van der Waals surface area contributed by atoms with Crippen molar-refractivity contribution < 1.29 is 9.90 Å². The summed E-state index contributed by atoms with van der Waals surface area (Å²) in [4.78, 5) is 16.0. The van der Waals surface area contributed by atoms with Crippen LogP contribution in [0.25, 0.3) is 0 Å². The van der Waals surface area contributed by atoms with Crippen molar-refractivity contribution >= 4 is 11.7 Å². The number of benzene rings is 1. The van der Waals surface area contributed by atoms with Gasteiger partial charge < -0.3 is 20.2 Å². The number of urea groups is 1. The van der Waals surface area contributed by atoms with Crippen LogP contribution in [0.4, 0.5) is 10.5 Å². The lowest BCUT2D eigenvalue weighted by Crippen LogP contribution is -2.52. The van der Waals surface area contributed by atoms with Gasteiger partial charge in [0.15, 0.2) is 0 Å². The second-order valence-corrected chi connectivity index (χ2v) is 5.08. The van der Waals surface area contributed by atoms with Gasteiger partial charge in [-0.25, -0.2) is 4.79 Å². The highest BCUT2D eigenvalue weighted by molar-refractivity contribution is 5.74. The van der Waals surface area contributed by atoms with Crippen molar-refractivity contribution in [1.82, 2.24) is 10.2 Å². The Bertz CT molecular complexity index is 425. The van der Waals surface area contributed by atoms with E-state index in [4.69, 9.17) is 0 Å². The van der Waals surface area contributed by atoms with E-state index < -0.39 is 0 Å². The zero-order valence-electron chi connectivity index (χ0n) is 12.0. The number of hydrogen-bond acceptors (Lipinski definition) is 3. The Morgan fingerprint density at radius 2 is 1.85 bits per heavy atom. The van der Waals surface area contributed by atoms with Crippen LogP contribution in [0.15, 0.2) is 24.3 Å². The summed E-state index contributed by atoms with van der Waals surface area (Å²) in [7, 11) is 0. The van der Waals surface area contributed by atoms with Crippen LogP contribution in [0.5, 0.6) is 5.75 Å². The normalized spacial score (nSPS) is 15.2. The number of unbranched alkanes of at least 4 members (excludes halogenated alkanes) is 1. The fourth-order valence-corrected chi connectivity index (χ4v) is 2.32. The molecule has 0 radical (unpaired) electrons. The summed E-state index contributed by atoms with van der Waals surface area (Å²) in [6, 6.07) is 7.25. The molecule has 2 rings (SSSR count). The van der Waals surface area contributed by atoms with Crippen molar-refractivity contribution in [1.29, 1.82) is 0 Å². The van der Waals surface area contributed by atoms with E-state index in [0.717, 1.165) is 51.3 Å². The van der Waals surface area contributed by atoms with E-state index in [1.54, 1.807) is 12.1 Å². The molecule has 1 aromatic carbocycles. The number of nitrogens with one attached hydrogen (secondary N) is 1. The molecule has 20 heavy (non-hydrogen) atoms. The molecule has 1 aliphatic heterocycles. The fraction of sp³-hybridized carbons (Fsp3) is 0.533. The quantitative estimate of drug-likeness (QED) is 0.828. The second-order valence-electron chi connectivity index (χ2n) is 5.08. The maximum absolute atomic E-state index is 11.9. The molecular formula is C15H23N3O2. The van der Waals surface area contributed by atoms with Crippen LogP contribution in [0.1, 0.15) is 19.8 Å². The number of nitrogens with zero attached hydrogens (tertiary/aromatic N) is 2.